The molecule has 4 heteroatoms. The van der Waals surface area contributed by atoms with Gasteiger partial charge in [-0.05, 0) is 31.9 Å². The Kier molecular flexibility index (Phi) is 5.77. The second kappa shape index (κ2) is 7.58. The van der Waals surface area contributed by atoms with Gasteiger partial charge < -0.3 is 10.1 Å². The molecule has 0 amide bonds. The molecule has 112 valence electrons. The standard InChI is InChI=1S/C16H23F2NO/c1-19-15(12-8-4-2-3-5-9-12)13-10-6-7-11-14(13)20-16(17)18/h6-7,10-12,15-16,19H,2-5,8-9H2,1H3. The van der Waals surface area contributed by atoms with Crippen LogP contribution in [0.2, 0.25) is 0 Å². The van der Waals surface area contributed by atoms with Crippen LogP contribution >= 0.6 is 0 Å². The Hall–Kier alpha value is -1.16. The molecule has 1 saturated carbocycles. The normalized spacial score (nSPS) is 18.8. The van der Waals surface area contributed by atoms with Crippen molar-refractivity contribution in [2.75, 3.05) is 7.05 Å². The zero-order valence-corrected chi connectivity index (χ0v) is 11.9. The third-order valence-corrected chi connectivity index (χ3v) is 4.15. The molecule has 1 aliphatic rings. The highest BCUT2D eigenvalue weighted by Gasteiger charge is 2.25. The molecule has 0 heterocycles. The summed E-state index contributed by atoms with van der Waals surface area (Å²) in [6.07, 6.45) is 7.30. The minimum Gasteiger partial charge on any atom is -0.434 e. The lowest BCUT2D eigenvalue weighted by Crippen LogP contribution is -2.26. The zero-order chi connectivity index (χ0) is 14.4. The predicted molar refractivity (Wildman–Crippen MR) is 76.1 cm³/mol. The molecule has 1 aromatic carbocycles. The lowest BCUT2D eigenvalue weighted by molar-refractivity contribution is -0.0509. The van der Waals surface area contributed by atoms with E-state index in [1.807, 2.05) is 19.2 Å². The van der Waals surface area contributed by atoms with Crippen molar-refractivity contribution in [3.05, 3.63) is 29.8 Å². The quantitative estimate of drug-likeness (QED) is 0.802. The van der Waals surface area contributed by atoms with Crippen LogP contribution in [0.5, 0.6) is 5.75 Å². The monoisotopic (exact) mass is 283 g/mol. The maximum Gasteiger partial charge on any atom is 0.387 e. The number of alkyl halides is 2. The summed E-state index contributed by atoms with van der Waals surface area (Å²) in [5.74, 6) is 0.788. The second-order valence-corrected chi connectivity index (χ2v) is 5.43. The van der Waals surface area contributed by atoms with E-state index >= 15 is 0 Å². The molecular weight excluding hydrogens is 260 g/mol. The zero-order valence-electron chi connectivity index (χ0n) is 11.9. The summed E-state index contributed by atoms with van der Waals surface area (Å²) in [6, 6.07) is 7.23. The Labute approximate surface area is 119 Å². The second-order valence-electron chi connectivity index (χ2n) is 5.43. The first-order chi connectivity index (χ1) is 9.72. The van der Waals surface area contributed by atoms with Gasteiger partial charge in [0.25, 0.3) is 0 Å². The van der Waals surface area contributed by atoms with Crippen LogP contribution in [0.4, 0.5) is 8.78 Å². The Morgan fingerprint density at radius 2 is 1.75 bits per heavy atom. The molecule has 20 heavy (non-hydrogen) atoms. The van der Waals surface area contributed by atoms with Gasteiger partial charge in [0.2, 0.25) is 0 Å². The number of benzene rings is 1. The smallest absolute Gasteiger partial charge is 0.387 e. The van der Waals surface area contributed by atoms with E-state index in [-0.39, 0.29) is 6.04 Å². The summed E-state index contributed by atoms with van der Waals surface area (Å²) < 4.78 is 29.7. The third kappa shape index (κ3) is 3.92. The molecule has 1 aliphatic carbocycles. The number of rotatable bonds is 5. The van der Waals surface area contributed by atoms with Crippen LogP contribution in [0.25, 0.3) is 0 Å². The van der Waals surface area contributed by atoms with E-state index < -0.39 is 6.61 Å². The molecular formula is C16H23F2NO. The summed E-state index contributed by atoms with van der Waals surface area (Å²) in [7, 11) is 1.90. The largest absolute Gasteiger partial charge is 0.434 e. The Morgan fingerprint density at radius 3 is 2.35 bits per heavy atom. The van der Waals surface area contributed by atoms with Gasteiger partial charge in [0.05, 0.1) is 0 Å². The van der Waals surface area contributed by atoms with Crippen LogP contribution in [0.15, 0.2) is 24.3 Å². The molecule has 1 fully saturated rings. The molecule has 1 atom stereocenters. The fourth-order valence-corrected chi connectivity index (χ4v) is 3.23. The van der Waals surface area contributed by atoms with Gasteiger partial charge in [-0.3, -0.25) is 0 Å². The highest BCUT2D eigenvalue weighted by atomic mass is 19.3. The van der Waals surface area contributed by atoms with Crippen molar-refractivity contribution < 1.29 is 13.5 Å². The van der Waals surface area contributed by atoms with Crippen molar-refractivity contribution in [2.24, 2.45) is 5.92 Å². The first kappa shape index (κ1) is 15.2. The summed E-state index contributed by atoms with van der Waals surface area (Å²) in [6.45, 7) is -2.78. The van der Waals surface area contributed by atoms with Gasteiger partial charge in [-0.2, -0.15) is 8.78 Å². The van der Waals surface area contributed by atoms with Crippen molar-refractivity contribution in [2.45, 2.75) is 51.2 Å². The Morgan fingerprint density at radius 1 is 1.10 bits per heavy atom. The van der Waals surface area contributed by atoms with Crippen molar-refractivity contribution in [1.29, 1.82) is 0 Å². The van der Waals surface area contributed by atoms with Crippen molar-refractivity contribution in [3.63, 3.8) is 0 Å². The summed E-state index contributed by atoms with van der Waals surface area (Å²) in [5.41, 5.74) is 0.849. The molecule has 0 saturated heterocycles. The van der Waals surface area contributed by atoms with Crippen LogP contribution < -0.4 is 10.1 Å². The minimum atomic E-state index is -2.78. The van der Waals surface area contributed by atoms with Gasteiger partial charge in [-0.1, -0.05) is 43.9 Å². The summed E-state index contributed by atoms with van der Waals surface area (Å²) >= 11 is 0. The van der Waals surface area contributed by atoms with Gasteiger partial charge in [0.15, 0.2) is 0 Å². The Bertz CT molecular complexity index is 403. The highest BCUT2D eigenvalue weighted by molar-refractivity contribution is 5.36. The van der Waals surface area contributed by atoms with E-state index in [0.29, 0.717) is 11.7 Å². The summed E-state index contributed by atoms with van der Waals surface area (Å²) in [4.78, 5) is 0. The van der Waals surface area contributed by atoms with Gasteiger partial charge in [-0.15, -0.1) is 0 Å². The first-order valence-corrected chi connectivity index (χ1v) is 7.43. The van der Waals surface area contributed by atoms with E-state index in [0.717, 1.165) is 18.4 Å². The van der Waals surface area contributed by atoms with E-state index in [4.69, 9.17) is 0 Å². The summed E-state index contributed by atoms with van der Waals surface area (Å²) in [5, 5.41) is 3.30. The molecule has 1 aromatic rings. The van der Waals surface area contributed by atoms with Crippen LogP contribution in [0.3, 0.4) is 0 Å². The fraction of sp³-hybridized carbons (Fsp3) is 0.625. The molecule has 2 rings (SSSR count). The average molecular weight is 283 g/mol. The lowest BCUT2D eigenvalue weighted by atomic mass is 9.87. The lowest BCUT2D eigenvalue weighted by Gasteiger charge is -2.27. The van der Waals surface area contributed by atoms with Gasteiger partial charge in [0.1, 0.15) is 5.75 Å². The molecule has 0 aliphatic heterocycles. The number of ether oxygens (including phenoxy) is 1. The topological polar surface area (TPSA) is 21.3 Å². The first-order valence-electron chi connectivity index (χ1n) is 7.43. The number of para-hydroxylation sites is 1. The van der Waals surface area contributed by atoms with Crippen LogP contribution in [-0.2, 0) is 0 Å². The maximum absolute atomic E-state index is 12.5. The van der Waals surface area contributed by atoms with Gasteiger partial charge in [-0.25, -0.2) is 0 Å². The maximum atomic E-state index is 12.5. The third-order valence-electron chi connectivity index (χ3n) is 4.15. The minimum absolute atomic E-state index is 0.0862. The van der Waals surface area contributed by atoms with Gasteiger partial charge in [0, 0.05) is 11.6 Å². The predicted octanol–water partition coefficient (Wildman–Crippen LogP) is 4.52. The number of halogens is 2. The van der Waals surface area contributed by atoms with Crippen molar-refractivity contribution in [1.82, 2.24) is 5.32 Å². The highest BCUT2D eigenvalue weighted by Crippen LogP contribution is 2.37. The van der Waals surface area contributed by atoms with Crippen LogP contribution in [-0.4, -0.2) is 13.7 Å². The van der Waals surface area contributed by atoms with Crippen LogP contribution in [0, 0.1) is 5.92 Å². The van der Waals surface area contributed by atoms with Gasteiger partial charge >= 0.3 is 6.61 Å². The molecule has 0 aromatic heterocycles. The molecule has 0 spiro atoms. The van der Waals surface area contributed by atoms with E-state index in [2.05, 4.69) is 10.1 Å². The van der Waals surface area contributed by atoms with Crippen molar-refractivity contribution >= 4 is 0 Å². The SMILES string of the molecule is CNC(c1ccccc1OC(F)F)C1CCCCCC1. The average Bonchev–Trinajstić information content (AvgIpc) is 2.70. The molecule has 1 unspecified atom stereocenters. The molecule has 0 bridgehead atoms. The number of hydrogen-bond acceptors (Lipinski definition) is 2. The van der Waals surface area contributed by atoms with Crippen molar-refractivity contribution in [3.8, 4) is 5.75 Å². The van der Waals surface area contributed by atoms with E-state index in [1.165, 1.54) is 25.7 Å². The van der Waals surface area contributed by atoms with E-state index in [9.17, 15) is 8.78 Å². The number of hydrogen-bond donors (Lipinski definition) is 1. The molecule has 1 N–H and O–H groups in total. The number of nitrogens with one attached hydrogen (secondary N) is 1. The van der Waals surface area contributed by atoms with E-state index in [1.54, 1.807) is 12.1 Å². The molecule has 0 radical (unpaired) electrons. The fourth-order valence-electron chi connectivity index (χ4n) is 3.23. The Balaban J connectivity index is 2.21. The molecule has 2 nitrogen and oxygen atoms in total. The van der Waals surface area contributed by atoms with Crippen LogP contribution in [0.1, 0.15) is 50.1 Å².